The normalized spacial score (nSPS) is 10.8. The fourth-order valence-electron chi connectivity index (χ4n) is 1.63. The highest BCUT2D eigenvalue weighted by atomic mass is 16.3. The summed E-state index contributed by atoms with van der Waals surface area (Å²) in [6, 6.07) is 8.28. The Balaban J connectivity index is 2.72. The van der Waals surface area contributed by atoms with Gasteiger partial charge in [-0.1, -0.05) is 18.2 Å². The van der Waals surface area contributed by atoms with Crippen LogP contribution in [0.1, 0.15) is 12.5 Å². The third-order valence-electron chi connectivity index (χ3n) is 2.51. The average molecular weight is 273 g/mol. The van der Waals surface area contributed by atoms with Crippen LogP contribution in [0, 0.1) is 0 Å². The van der Waals surface area contributed by atoms with Gasteiger partial charge in [-0.25, -0.2) is 14.4 Å². The van der Waals surface area contributed by atoms with Crippen LogP contribution in [0.2, 0.25) is 0 Å². The van der Waals surface area contributed by atoms with Gasteiger partial charge < -0.3 is 5.11 Å². The number of hydrogen-bond donors (Lipinski definition) is 2. The van der Waals surface area contributed by atoms with Crippen molar-refractivity contribution >= 4 is 12.1 Å². The summed E-state index contributed by atoms with van der Waals surface area (Å²) in [5, 5.41) is 10.1. The summed E-state index contributed by atoms with van der Waals surface area (Å²) in [7, 11) is 0. The minimum Gasteiger partial charge on any atom is -0.493 e. The Hall–Kier alpha value is -2.96. The fourth-order valence-corrected chi connectivity index (χ4v) is 1.63. The standard InChI is InChI=1S/C13H11N3O4/c1-8(17)14-7-10-11(18)15-13(20)16(12(10)19)9-5-3-2-4-6-9/h2-7,19H,1H3,(H,15,18,20). The lowest BCUT2D eigenvalue weighted by molar-refractivity contribution is -0.115. The van der Waals surface area contributed by atoms with Crippen molar-refractivity contribution in [2.24, 2.45) is 4.99 Å². The molecule has 2 rings (SSSR count). The number of para-hydroxylation sites is 1. The zero-order valence-electron chi connectivity index (χ0n) is 10.5. The second-order valence-corrected chi connectivity index (χ2v) is 3.94. The molecule has 20 heavy (non-hydrogen) atoms. The first-order valence-corrected chi connectivity index (χ1v) is 5.69. The van der Waals surface area contributed by atoms with Gasteiger partial charge in [0.1, 0.15) is 5.56 Å². The first-order chi connectivity index (χ1) is 9.50. The monoisotopic (exact) mass is 273 g/mol. The van der Waals surface area contributed by atoms with E-state index in [1.807, 2.05) is 0 Å². The van der Waals surface area contributed by atoms with Crippen molar-refractivity contribution in [3.63, 3.8) is 0 Å². The Morgan fingerprint density at radius 1 is 1.30 bits per heavy atom. The van der Waals surface area contributed by atoms with E-state index in [0.717, 1.165) is 10.8 Å². The lowest BCUT2D eigenvalue weighted by atomic mass is 10.3. The molecule has 0 bridgehead atoms. The van der Waals surface area contributed by atoms with Gasteiger partial charge in [0.05, 0.1) is 5.69 Å². The quantitative estimate of drug-likeness (QED) is 0.762. The SMILES string of the molecule is CC(=O)N=Cc1c(O)n(-c2ccccc2)c(=O)[nH]c1=O. The summed E-state index contributed by atoms with van der Waals surface area (Å²) in [6.07, 6.45) is 0.926. The molecule has 7 heteroatoms. The molecule has 7 nitrogen and oxygen atoms in total. The van der Waals surface area contributed by atoms with Gasteiger partial charge >= 0.3 is 5.69 Å². The molecule has 1 aromatic heterocycles. The second-order valence-electron chi connectivity index (χ2n) is 3.94. The van der Waals surface area contributed by atoms with Gasteiger partial charge in [-0.05, 0) is 12.1 Å². The number of nitrogens with one attached hydrogen (secondary N) is 1. The van der Waals surface area contributed by atoms with E-state index in [1.165, 1.54) is 6.92 Å². The number of benzene rings is 1. The Bertz CT molecular complexity index is 787. The van der Waals surface area contributed by atoms with Crippen LogP contribution in [-0.4, -0.2) is 26.8 Å². The summed E-state index contributed by atoms with van der Waals surface area (Å²) in [5.74, 6) is -1.10. The number of H-pyrrole nitrogens is 1. The molecule has 0 aliphatic carbocycles. The number of aromatic hydroxyl groups is 1. The topological polar surface area (TPSA) is 105 Å². The third kappa shape index (κ3) is 2.56. The van der Waals surface area contributed by atoms with Crippen molar-refractivity contribution in [3.05, 3.63) is 56.7 Å². The van der Waals surface area contributed by atoms with Crippen LogP contribution in [0.5, 0.6) is 5.88 Å². The molecule has 1 aromatic carbocycles. The van der Waals surface area contributed by atoms with Crippen molar-refractivity contribution in [1.29, 1.82) is 0 Å². The molecular weight excluding hydrogens is 262 g/mol. The Labute approximate surface area is 112 Å². The zero-order chi connectivity index (χ0) is 14.7. The molecule has 1 heterocycles. The first kappa shape index (κ1) is 13.5. The van der Waals surface area contributed by atoms with Crippen LogP contribution in [0.4, 0.5) is 0 Å². The van der Waals surface area contributed by atoms with E-state index >= 15 is 0 Å². The number of hydrogen-bond acceptors (Lipinski definition) is 4. The number of aliphatic imine (C=N–C) groups is 1. The van der Waals surface area contributed by atoms with Crippen LogP contribution in [0.3, 0.4) is 0 Å². The number of nitrogens with zero attached hydrogens (tertiary/aromatic N) is 2. The highest BCUT2D eigenvalue weighted by molar-refractivity contribution is 5.91. The second kappa shape index (κ2) is 5.35. The minimum absolute atomic E-state index is 0.261. The lowest BCUT2D eigenvalue weighted by Gasteiger charge is -2.08. The fraction of sp³-hybridized carbons (Fsp3) is 0.0769. The summed E-state index contributed by atoms with van der Waals surface area (Å²) in [6.45, 7) is 1.20. The molecule has 1 amide bonds. The van der Waals surface area contributed by atoms with Gasteiger partial charge in [0, 0.05) is 13.1 Å². The van der Waals surface area contributed by atoms with Gasteiger partial charge in [-0.2, -0.15) is 0 Å². The number of aromatic amines is 1. The number of carbonyl (C=O) groups excluding carboxylic acids is 1. The molecular formula is C13H11N3O4. The number of aromatic nitrogens is 2. The van der Waals surface area contributed by atoms with Gasteiger partial charge in [0.15, 0.2) is 0 Å². The highest BCUT2D eigenvalue weighted by Crippen LogP contribution is 2.14. The summed E-state index contributed by atoms with van der Waals surface area (Å²) in [4.78, 5) is 39.7. The molecule has 0 unspecified atom stereocenters. The number of carbonyl (C=O) groups is 1. The van der Waals surface area contributed by atoms with Crippen LogP contribution in [0.25, 0.3) is 5.69 Å². The maximum atomic E-state index is 11.8. The zero-order valence-corrected chi connectivity index (χ0v) is 10.5. The molecule has 102 valence electrons. The smallest absolute Gasteiger partial charge is 0.335 e. The van der Waals surface area contributed by atoms with E-state index in [-0.39, 0.29) is 5.56 Å². The Morgan fingerprint density at radius 3 is 2.55 bits per heavy atom. The maximum Gasteiger partial charge on any atom is 0.335 e. The first-order valence-electron chi connectivity index (χ1n) is 5.69. The van der Waals surface area contributed by atoms with Crippen molar-refractivity contribution in [1.82, 2.24) is 9.55 Å². The molecule has 0 saturated carbocycles. The molecule has 0 atom stereocenters. The van der Waals surface area contributed by atoms with E-state index < -0.39 is 23.0 Å². The third-order valence-corrected chi connectivity index (χ3v) is 2.51. The highest BCUT2D eigenvalue weighted by Gasteiger charge is 2.13. The summed E-state index contributed by atoms with van der Waals surface area (Å²) in [5.41, 5.74) is -1.48. The molecule has 0 radical (unpaired) electrons. The van der Waals surface area contributed by atoms with E-state index in [9.17, 15) is 19.5 Å². The van der Waals surface area contributed by atoms with Crippen molar-refractivity contribution in [3.8, 4) is 11.6 Å². The van der Waals surface area contributed by atoms with Crippen LogP contribution >= 0.6 is 0 Å². The Morgan fingerprint density at radius 2 is 1.95 bits per heavy atom. The largest absolute Gasteiger partial charge is 0.493 e. The molecule has 0 spiro atoms. The summed E-state index contributed by atoms with van der Waals surface area (Å²) < 4.78 is 0.920. The Kier molecular flexibility index (Phi) is 3.60. The van der Waals surface area contributed by atoms with E-state index in [1.54, 1.807) is 30.3 Å². The van der Waals surface area contributed by atoms with Gasteiger partial charge in [0.2, 0.25) is 11.8 Å². The molecule has 0 aliphatic heterocycles. The minimum atomic E-state index is -0.815. The van der Waals surface area contributed by atoms with E-state index in [0.29, 0.717) is 5.69 Å². The van der Waals surface area contributed by atoms with Crippen LogP contribution in [0.15, 0.2) is 44.9 Å². The number of amides is 1. The van der Waals surface area contributed by atoms with Crippen molar-refractivity contribution in [2.75, 3.05) is 0 Å². The molecule has 2 N–H and O–H groups in total. The number of rotatable bonds is 2. The van der Waals surface area contributed by atoms with Crippen molar-refractivity contribution in [2.45, 2.75) is 6.92 Å². The molecule has 0 aliphatic rings. The molecule has 2 aromatic rings. The van der Waals surface area contributed by atoms with Gasteiger partial charge in [0.25, 0.3) is 5.56 Å². The van der Waals surface area contributed by atoms with Gasteiger partial charge in [-0.15, -0.1) is 0 Å². The van der Waals surface area contributed by atoms with Crippen LogP contribution in [-0.2, 0) is 4.79 Å². The van der Waals surface area contributed by atoms with E-state index in [2.05, 4.69) is 9.98 Å². The molecule has 0 fully saturated rings. The van der Waals surface area contributed by atoms with E-state index in [4.69, 9.17) is 0 Å². The predicted molar refractivity (Wildman–Crippen MR) is 72.6 cm³/mol. The van der Waals surface area contributed by atoms with Gasteiger partial charge in [-0.3, -0.25) is 14.6 Å². The average Bonchev–Trinajstić information content (AvgIpc) is 2.38. The predicted octanol–water partition coefficient (Wildman–Crippen LogP) is 0.197. The molecule has 0 saturated heterocycles. The van der Waals surface area contributed by atoms with Crippen LogP contribution < -0.4 is 11.2 Å². The lowest BCUT2D eigenvalue weighted by Crippen LogP contribution is -2.31. The summed E-state index contributed by atoms with van der Waals surface area (Å²) >= 11 is 0. The maximum absolute atomic E-state index is 11.8. The van der Waals surface area contributed by atoms with Crippen molar-refractivity contribution < 1.29 is 9.90 Å².